The highest BCUT2D eigenvalue weighted by Gasteiger charge is 2.36. The number of amides is 1. The second-order valence-corrected chi connectivity index (χ2v) is 8.17. The zero-order valence-corrected chi connectivity index (χ0v) is 19.3. The summed E-state index contributed by atoms with van der Waals surface area (Å²) in [6.45, 7) is 5.24. The predicted molar refractivity (Wildman–Crippen MR) is 121 cm³/mol. The molecule has 1 fully saturated rings. The maximum atomic E-state index is 13.5. The average molecular weight is 466 g/mol. The van der Waals surface area contributed by atoms with Crippen molar-refractivity contribution < 1.29 is 22.7 Å². The van der Waals surface area contributed by atoms with Gasteiger partial charge in [0, 0.05) is 17.8 Å². The van der Waals surface area contributed by atoms with Gasteiger partial charge in [-0.15, -0.1) is 6.42 Å². The van der Waals surface area contributed by atoms with Gasteiger partial charge in [0.05, 0.1) is 19.2 Å². The van der Waals surface area contributed by atoms with Gasteiger partial charge in [-0.1, -0.05) is 24.8 Å². The van der Waals surface area contributed by atoms with E-state index in [2.05, 4.69) is 31.8 Å². The van der Waals surface area contributed by atoms with Crippen molar-refractivity contribution in [3.8, 4) is 12.3 Å². The third kappa shape index (κ3) is 7.14. The van der Waals surface area contributed by atoms with Crippen molar-refractivity contribution >= 4 is 17.7 Å². The molecular formula is C23H30F3N5O2. The number of nitrogens with zero attached hydrogens (tertiary/aromatic N) is 2. The molecule has 1 aliphatic carbocycles. The van der Waals surface area contributed by atoms with E-state index in [4.69, 9.17) is 11.2 Å². The minimum Gasteiger partial charge on any atom is -0.499 e. The summed E-state index contributed by atoms with van der Waals surface area (Å²) in [6, 6.07) is -0.0601. The van der Waals surface area contributed by atoms with Crippen LogP contribution in [0.5, 0.6) is 0 Å². The molecule has 33 heavy (non-hydrogen) atoms. The molecule has 0 spiro atoms. The Morgan fingerprint density at radius 3 is 2.55 bits per heavy atom. The second kappa shape index (κ2) is 11.1. The molecule has 0 saturated heterocycles. The van der Waals surface area contributed by atoms with Gasteiger partial charge in [-0.2, -0.15) is 18.2 Å². The molecule has 1 heterocycles. The Hall–Kier alpha value is -3.22. The molecule has 1 aromatic rings. The number of alkyl halides is 3. The lowest BCUT2D eigenvalue weighted by atomic mass is 10.00. The number of methoxy groups -OCH3 is 1. The molecule has 0 atom stereocenters. The maximum absolute atomic E-state index is 13.5. The molecule has 1 aromatic heterocycles. The largest absolute Gasteiger partial charge is 0.499 e. The lowest BCUT2D eigenvalue weighted by Gasteiger charge is -2.29. The number of carbonyl (C=O) groups excluding carboxylic acids is 1. The van der Waals surface area contributed by atoms with Crippen molar-refractivity contribution in [2.45, 2.75) is 64.2 Å². The molecular weight excluding hydrogens is 435 g/mol. The molecule has 0 aliphatic heterocycles. The van der Waals surface area contributed by atoms with E-state index in [1.165, 1.54) is 13.2 Å². The molecule has 3 N–H and O–H groups in total. The second-order valence-electron chi connectivity index (χ2n) is 8.17. The van der Waals surface area contributed by atoms with Gasteiger partial charge in [0.1, 0.15) is 17.1 Å². The molecule has 1 aliphatic rings. The van der Waals surface area contributed by atoms with E-state index < -0.39 is 17.3 Å². The van der Waals surface area contributed by atoms with Gasteiger partial charge in [-0.25, -0.2) is 4.98 Å². The molecule has 7 nitrogen and oxygen atoms in total. The van der Waals surface area contributed by atoms with Crippen LogP contribution in [-0.4, -0.2) is 41.1 Å². The zero-order chi connectivity index (χ0) is 24.6. The number of ether oxygens (including phenoxy) is 1. The van der Waals surface area contributed by atoms with Crippen molar-refractivity contribution in [2.24, 2.45) is 0 Å². The first kappa shape index (κ1) is 26.0. The first-order valence-corrected chi connectivity index (χ1v) is 10.6. The molecule has 2 rings (SSSR count). The fourth-order valence-electron chi connectivity index (χ4n) is 3.51. The Labute approximate surface area is 192 Å². The average Bonchev–Trinajstić information content (AvgIpc) is 3.24. The SMILES string of the molecule is C#CCNC(=O)C(=CC)C=C(OC)C(C)(C)Nc1ncc(C(F)(F)F)c(NC2CCCC2)n1. The highest BCUT2D eigenvalue weighted by Crippen LogP contribution is 2.35. The Bertz CT molecular complexity index is 942. The maximum Gasteiger partial charge on any atom is 0.421 e. The van der Waals surface area contributed by atoms with Crippen LogP contribution in [0.2, 0.25) is 0 Å². The smallest absolute Gasteiger partial charge is 0.421 e. The van der Waals surface area contributed by atoms with Crippen LogP contribution in [0.1, 0.15) is 52.0 Å². The molecule has 10 heteroatoms. The van der Waals surface area contributed by atoms with Crippen molar-refractivity contribution in [1.82, 2.24) is 15.3 Å². The quantitative estimate of drug-likeness (QED) is 0.219. The highest BCUT2D eigenvalue weighted by atomic mass is 19.4. The highest BCUT2D eigenvalue weighted by molar-refractivity contribution is 5.96. The van der Waals surface area contributed by atoms with Crippen LogP contribution in [0.15, 0.2) is 29.7 Å². The molecule has 1 saturated carbocycles. The van der Waals surface area contributed by atoms with Gasteiger partial charge in [0.25, 0.3) is 5.91 Å². The number of terminal acetylenes is 1. The Morgan fingerprint density at radius 2 is 2.00 bits per heavy atom. The number of aromatic nitrogens is 2. The third-order valence-electron chi connectivity index (χ3n) is 5.26. The van der Waals surface area contributed by atoms with E-state index in [1.54, 1.807) is 26.8 Å². The summed E-state index contributed by atoms with van der Waals surface area (Å²) in [5.41, 5.74) is -1.56. The number of anilines is 2. The summed E-state index contributed by atoms with van der Waals surface area (Å²) in [5, 5.41) is 8.51. The molecule has 180 valence electrons. The van der Waals surface area contributed by atoms with Gasteiger partial charge in [0.15, 0.2) is 0 Å². The Balaban J connectivity index is 2.32. The van der Waals surface area contributed by atoms with E-state index in [0.717, 1.165) is 31.9 Å². The summed E-state index contributed by atoms with van der Waals surface area (Å²) in [4.78, 5) is 20.3. The molecule has 0 unspecified atom stereocenters. The fourth-order valence-corrected chi connectivity index (χ4v) is 3.51. The van der Waals surface area contributed by atoms with Crippen molar-refractivity contribution in [1.29, 1.82) is 0 Å². The Kier molecular flexibility index (Phi) is 8.74. The number of hydrogen-bond donors (Lipinski definition) is 3. The first-order valence-electron chi connectivity index (χ1n) is 10.6. The van der Waals surface area contributed by atoms with Gasteiger partial charge in [0.2, 0.25) is 5.95 Å². The minimum absolute atomic E-state index is 0.00439. The first-order chi connectivity index (χ1) is 15.5. The Morgan fingerprint density at radius 1 is 1.33 bits per heavy atom. The zero-order valence-electron chi connectivity index (χ0n) is 19.3. The predicted octanol–water partition coefficient (Wildman–Crippen LogP) is 4.27. The monoisotopic (exact) mass is 465 g/mol. The molecule has 0 bridgehead atoms. The number of nitrogens with one attached hydrogen (secondary N) is 3. The van der Waals surface area contributed by atoms with E-state index in [-0.39, 0.29) is 30.3 Å². The topological polar surface area (TPSA) is 88.2 Å². The van der Waals surface area contributed by atoms with Gasteiger partial charge in [-0.05, 0) is 39.7 Å². The lowest BCUT2D eigenvalue weighted by molar-refractivity contribution is -0.137. The fraction of sp³-hybridized carbons (Fsp3) is 0.522. The van der Waals surface area contributed by atoms with Gasteiger partial charge >= 0.3 is 6.18 Å². The number of carbonyl (C=O) groups is 1. The van der Waals surface area contributed by atoms with Crippen LogP contribution < -0.4 is 16.0 Å². The van der Waals surface area contributed by atoms with E-state index in [9.17, 15) is 18.0 Å². The van der Waals surface area contributed by atoms with Crippen LogP contribution in [-0.2, 0) is 15.7 Å². The van der Waals surface area contributed by atoms with Crippen molar-refractivity contribution in [2.75, 3.05) is 24.3 Å². The standard InChI is InChI=1S/C23H30F3N5O2/c1-6-12-27-20(32)15(7-2)13-18(33-5)22(3,4)31-21-28-14-17(23(24,25)26)19(30-21)29-16-10-8-9-11-16/h1,7,13-14,16H,8-12H2,2-5H3,(H,27,32)(H2,28,29,30,31). The van der Waals surface area contributed by atoms with E-state index >= 15 is 0 Å². The molecule has 0 radical (unpaired) electrons. The van der Waals surface area contributed by atoms with Gasteiger partial charge in [-0.3, -0.25) is 4.79 Å². The van der Waals surface area contributed by atoms with Gasteiger partial charge < -0.3 is 20.7 Å². The normalized spacial score (nSPS) is 15.7. The summed E-state index contributed by atoms with van der Waals surface area (Å²) >= 11 is 0. The summed E-state index contributed by atoms with van der Waals surface area (Å²) in [6.07, 6.45) is 8.00. The van der Waals surface area contributed by atoms with Crippen LogP contribution >= 0.6 is 0 Å². The molecule has 0 aromatic carbocycles. The lowest BCUT2D eigenvalue weighted by Crippen LogP contribution is -2.36. The summed E-state index contributed by atoms with van der Waals surface area (Å²) < 4.78 is 46.0. The minimum atomic E-state index is -4.58. The van der Waals surface area contributed by atoms with Crippen molar-refractivity contribution in [3.63, 3.8) is 0 Å². The summed E-state index contributed by atoms with van der Waals surface area (Å²) in [5.74, 6) is 2.03. The number of halogens is 3. The van der Waals surface area contributed by atoms with Crippen LogP contribution in [0, 0.1) is 12.3 Å². The van der Waals surface area contributed by atoms with Crippen molar-refractivity contribution in [3.05, 3.63) is 35.2 Å². The molecule has 1 amide bonds. The number of hydrogen-bond acceptors (Lipinski definition) is 6. The van der Waals surface area contributed by atoms with Crippen LogP contribution in [0.25, 0.3) is 0 Å². The van der Waals surface area contributed by atoms with E-state index in [1.807, 2.05) is 0 Å². The summed E-state index contributed by atoms with van der Waals surface area (Å²) in [7, 11) is 1.43. The third-order valence-corrected chi connectivity index (χ3v) is 5.26. The van der Waals surface area contributed by atoms with Crippen LogP contribution in [0.4, 0.5) is 24.9 Å². The van der Waals surface area contributed by atoms with E-state index in [0.29, 0.717) is 11.3 Å². The van der Waals surface area contributed by atoms with Crippen LogP contribution in [0.3, 0.4) is 0 Å². The number of rotatable bonds is 9. The number of allylic oxidation sites excluding steroid dienone is 1.